The smallest absolute Gasteiger partial charge is 0.356 e. The van der Waals surface area contributed by atoms with Crippen LogP contribution < -0.4 is 10.6 Å². The molecule has 1 aliphatic heterocycles. The van der Waals surface area contributed by atoms with Gasteiger partial charge in [-0.05, 0) is 37.8 Å². The molecule has 1 fully saturated rings. The Balaban J connectivity index is 1.50. The minimum atomic E-state index is -0.522. The third kappa shape index (κ3) is 5.65. The van der Waals surface area contributed by atoms with Gasteiger partial charge < -0.3 is 24.7 Å². The zero-order chi connectivity index (χ0) is 27.4. The number of aryl methyl sites for hydroxylation is 3. The van der Waals surface area contributed by atoms with E-state index in [0.717, 1.165) is 29.8 Å². The van der Waals surface area contributed by atoms with E-state index in [2.05, 4.69) is 27.9 Å². The van der Waals surface area contributed by atoms with Gasteiger partial charge in [-0.15, -0.1) is 0 Å². The summed E-state index contributed by atoms with van der Waals surface area (Å²) in [6, 6.07) is 12.1. The molecule has 0 radical (unpaired) electrons. The molecular formula is C29H34N6O4. The van der Waals surface area contributed by atoms with E-state index in [1.807, 2.05) is 53.7 Å². The molecule has 1 aromatic carbocycles. The fraction of sp³-hybridized carbons (Fsp3) is 0.379. The summed E-state index contributed by atoms with van der Waals surface area (Å²) in [6.45, 7) is 4.03. The second-order valence-electron chi connectivity index (χ2n) is 9.83. The first-order valence-electron chi connectivity index (χ1n) is 13.2. The van der Waals surface area contributed by atoms with Crippen LogP contribution in [-0.2, 0) is 40.8 Å². The topological polar surface area (TPSA) is 112 Å². The van der Waals surface area contributed by atoms with E-state index in [-0.39, 0.29) is 11.8 Å². The number of aromatic nitrogens is 4. The molecule has 1 saturated heterocycles. The molecule has 10 heteroatoms. The largest absolute Gasteiger partial charge is 0.464 e. The Labute approximate surface area is 227 Å². The first-order valence-corrected chi connectivity index (χ1v) is 13.2. The highest BCUT2D eigenvalue weighted by Crippen LogP contribution is 2.34. The molecule has 1 unspecified atom stereocenters. The van der Waals surface area contributed by atoms with E-state index in [4.69, 9.17) is 14.5 Å². The summed E-state index contributed by atoms with van der Waals surface area (Å²) in [5, 5.41) is 11.4. The summed E-state index contributed by atoms with van der Waals surface area (Å²) in [4.78, 5) is 31.0. The molecule has 0 spiro atoms. The molecule has 0 saturated carbocycles. The van der Waals surface area contributed by atoms with E-state index in [1.54, 1.807) is 6.20 Å². The van der Waals surface area contributed by atoms with Gasteiger partial charge in [0.05, 0.1) is 43.4 Å². The number of esters is 1. The minimum Gasteiger partial charge on any atom is -0.464 e. The molecule has 39 heavy (non-hydrogen) atoms. The van der Waals surface area contributed by atoms with Gasteiger partial charge in [-0.3, -0.25) is 9.48 Å². The maximum Gasteiger partial charge on any atom is 0.356 e. The van der Waals surface area contributed by atoms with Crippen molar-refractivity contribution in [2.75, 3.05) is 31.0 Å². The number of methoxy groups -OCH3 is 1. The Bertz CT molecular complexity index is 1470. The zero-order valence-corrected chi connectivity index (χ0v) is 22.6. The van der Waals surface area contributed by atoms with E-state index < -0.39 is 5.97 Å². The van der Waals surface area contributed by atoms with Gasteiger partial charge in [-0.2, -0.15) is 5.10 Å². The number of pyridine rings is 1. The maximum atomic E-state index is 13.2. The number of nitrogens with zero attached hydrogens (tertiary/aromatic N) is 4. The molecule has 10 nitrogen and oxygen atoms in total. The predicted molar refractivity (Wildman–Crippen MR) is 149 cm³/mol. The summed E-state index contributed by atoms with van der Waals surface area (Å²) >= 11 is 0. The van der Waals surface area contributed by atoms with E-state index in [9.17, 15) is 9.59 Å². The third-order valence-electron chi connectivity index (χ3n) is 7.34. The number of rotatable bonds is 10. The van der Waals surface area contributed by atoms with Crippen LogP contribution in [0.1, 0.15) is 40.2 Å². The Hall–Kier alpha value is -4.18. The minimum absolute atomic E-state index is 0.176. The van der Waals surface area contributed by atoms with Crippen LogP contribution in [0, 0.1) is 12.8 Å². The highest BCUT2D eigenvalue weighted by Gasteiger charge is 2.29. The molecule has 0 aliphatic carbocycles. The Morgan fingerprint density at radius 3 is 2.72 bits per heavy atom. The van der Waals surface area contributed by atoms with Gasteiger partial charge in [0.15, 0.2) is 5.69 Å². The van der Waals surface area contributed by atoms with Crippen molar-refractivity contribution in [2.45, 2.75) is 39.3 Å². The second kappa shape index (κ2) is 11.7. The summed E-state index contributed by atoms with van der Waals surface area (Å²) in [5.41, 5.74) is 5.45. The summed E-state index contributed by atoms with van der Waals surface area (Å²) < 4.78 is 14.3. The van der Waals surface area contributed by atoms with Crippen LogP contribution in [0.5, 0.6) is 0 Å². The summed E-state index contributed by atoms with van der Waals surface area (Å²) in [7, 11) is 3.26. The molecule has 1 atom stereocenters. The lowest BCUT2D eigenvalue weighted by atomic mass is 10.1. The lowest BCUT2D eigenvalue weighted by molar-refractivity contribution is -0.119. The van der Waals surface area contributed by atoms with Gasteiger partial charge in [-0.1, -0.05) is 30.3 Å². The van der Waals surface area contributed by atoms with Crippen molar-refractivity contribution < 1.29 is 19.1 Å². The molecule has 4 aromatic rings. The highest BCUT2D eigenvalue weighted by molar-refractivity contribution is 6.11. The number of carbonyl (C=O) groups is 2. The van der Waals surface area contributed by atoms with Gasteiger partial charge in [-0.25, -0.2) is 9.78 Å². The number of fused-ring (bicyclic) bond motifs is 1. The first kappa shape index (κ1) is 26.4. The van der Waals surface area contributed by atoms with Crippen LogP contribution >= 0.6 is 0 Å². The second-order valence-corrected chi connectivity index (χ2v) is 9.83. The zero-order valence-electron chi connectivity index (χ0n) is 22.6. The van der Waals surface area contributed by atoms with Crippen molar-refractivity contribution in [2.24, 2.45) is 13.0 Å². The summed E-state index contributed by atoms with van der Waals surface area (Å²) in [5.74, 6) is -0.966. The number of hydrogen-bond acceptors (Lipinski definition) is 7. The van der Waals surface area contributed by atoms with E-state index in [0.29, 0.717) is 55.1 Å². The van der Waals surface area contributed by atoms with Crippen LogP contribution in [-0.4, -0.2) is 51.5 Å². The molecule has 1 aliphatic rings. The number of hydrogen-bond donors (Lipinski definition) is 2. The van der Waals surface area contributed by atoms with Crippen LogP contribution in [0.2, 0.25) is 0 Å². The molecule has 4 heterocycles. The van der Waals surface area contributed by atoms with Gasteiger partial charge in [0.1, 0.15) is 5.65 Å². The number of ether oxygens (including phenoxy) is 2. The number of amides is 1. The average molecular weight is 531 g/mol. The average Bonchev–Trinajstić information content (AvgIpc) is 3.68. The monoisotopic (exact) mass is 530 g/mol. The molecular weight excluding hydrogens is 496 g/mol. The number of anilines is 2. The Morgan fingerprint density at radius 2 is 2.03 bits per heavy atom. The van der Waals surface area contributed by atoms with Crippen LogP contribution in [0.3, 0.4) is 0 Å². The fourth-order valence-electron chi connectivity index (χ4n) is 4.94. The highest BCUT2D eigenvalue weighted by atomic mass is 16.5. The van der Waals surface area contributed by atoms with Gasteiger partial charge in [0.2, 0.25) is 5.91 Å². The molecule has 1 amide bonds. The molecule has 3 aromatic heterocycles. The fourth-order valence-corrected chi connectivity index (χ4v) is 4.94. The molecule has 2 N–H and O–H groups in total. The maximum absolute atomic E-state index is 13.2. The van der Waals surface area contributed by atoms with Gasteiger partial charge in [0, 0.05) is 43.4 Å². The Morgan fingerprint density at radius 1 is 1.21 bits per heavy atom. The lowest BCUT2D eigenvalue weighted by Gasteiger charge is -2.12. The number of carbonyl (C=O) groups excluding carboxylic acids is 2. The predicted octanol–water partition coefficient (Wildman–Crippen LogP) is 4.08. The van der Waals surface area contributed by atoms with Crippen LogP contribution in [0.25, 0.3) is 11.0 Å². The van der Waals surface area contributed by atoms with Crippen molar-refractivity contribution in [3.8, 4) is 0 Å². The van der Waals surface area contributed by atoms with Crippen LogP contribution in [0.15, 0.2) is 48.8 Å². The lowest BCUT2D eigenvalue weighted by Crippen LogP contribution is -2.24. The normalized spacial score (nSPS) is 15.0. The summed E-state index contributed by atoms with van der Waals surface area (Å²) in [6.07, 6.45) is 5.85. The first-order chi connectivity index (χ1) is 19.0. The number of nitrogens with one attached hydrogen (secondary N) is 2. The third-order valence-corrected chi connectivity index (χ3v) is 7.34. The van der Waals surface area contributed by atoms with E-state index >= 15 is 0 Å². The van der Waals surface area contributed by atoms with Crippen molar-refractivity contribution in [3.05, 3.63) is 71.3 Å². The van der Waals surface area contributed by atoms with Crippen molar-refractivity contribution in [1.29, 1.82) is 0 Å². The SMILES string of the molecule is COC(=O)c1c(NC(=O)C2CCOC2)c2cc(NCc3cnn(C)c3C)cnc2n1CCCc1ccccc1. The van der Waals surface area contributed by atoms with E-state index in [1.165, 1.54) is 12.7 Å². The molecule has 0 bridgehead atoms. The Kier molecular flexibility index (Phi) is 7.92. The van der Waals surface area contributed by atoms with Crippen molar-refractivity contribution in [1.82, 2.24) is 19.3 Å². The molecule has 204 valence electrons. The standard InChI is InChI=1S/C29H34N6O4/c1-19-22(16-32-34(19)2)15-30-23-14-24-25(33-28(36)21-11-13-39-18-21)26(29(37)38-3)35(27(24)31-17-23)12-7-10-20-8-5-4-6-9-20/h4-6,8-9,14,16-17,21,30H,7,10-13,15,18H2,1-3H3,(H,33,36). The molecule has 5 rings (SSSR count). The van der Waals surface area contributed by atoms with Gasteiger partial charge >= 0.3 is 5.97 Å². The van der Waals surface area contributed by atoms with Gasteiger partial charge in [0.25, 0.3) is 0 Å². The van der Waals surface area contributed by atoms with Crippen molar-refractivity contribution in [3.63, 3.8) is 0 Å². The number of benzene rings is 1. The van der Waals surface area contributed by atoms with Crippen molar-refractivity contribution >= 4 is 34.3 Å². The quantitative estimate of drug-likeness (QED) is 0.297. The van der Waals surface area contributed by atoms with Crippen LogP contribution in [0.4, 0.5) is 11.4 Å².